The second-order valence-corrected chi connectivity index (χ2v) is 5.85. The first-order valence-corrected chi connectivity index (χ1v) is 8.36. The van der Waals surface area contributed by atoms with Crippen LogP contribution >= 0.6 is 0 Å². The third kappa shape index (κ3) is 5.04. The van der Waals surface area contributed by atoms with Crippen LogP contribution in [0.2, 0.25) is 0 Å². The molecule has 0 bridgehead atoms. The standard InChI is InChI=1S/C20H20N4O2/c25-19(21-13-16-5-2-1-3-6-16)14-22-20(26)18-9-7-17(8-10-18)15-24-12-4-11-23-24/h1-12H,13-15H2,(H,21,25)(H,22,26). The number of carbonyl (C=O) groups excluding carboxylic acids is 2. The Labute approximate surface area is 151 Å². The largest absolute Gasteiger partial charge is 0.350 e. The van der Waals surface area contributed by atoms with E-state index in [0.29, 0.717) is 18.7 Å². The molecule has 0 aliphatic heterocycles. The number of nitrogens with one attached hydrogen (secondary N) is 2. The van der Waals surface area contributed by atoms with Gasteiger partial charge in [0.2, 0.25) is 5.91 Å². The van der Waals surface area contributed by atoms with Gasteiger partial charge in [0.25, 0.3) is 5.91 Å². The SMILES string of the molecule is O=C(CNC(=O)c1ccc(Cn2cccn2)cc1)NCc1ccccc1. The second-order valence-electron chi connectivity index (χ2n) is 5.85. The minimum atomic E-state index is -0.273. The molecule has 2 aromatic carbocycles. The van der Waals surface area contributed by atoms with Crippen molar-refractivity contribution in [1.29, 1.82) is 0 Å². The van der Waals surface area contributed by atoms with Gasteiger partial charge in [0.1, 0.15) is 0 Å². The monoisotopic (exact) mass is 348 g/mol. The van der Waals surface area contributed by atoms with Gasteiger partial charge in [-0.05, 0) is 29.3 Å². The maximum Gasteiger partial charge on any atom is 0.251 e. The van der Waals surface area contributed by atoms with E-state index in [2.05, 4.69) is 15.7 Å². The highest BCUT2D eigenvalue weighted by atomic mass is 16.2. The molecule has 0 atom stereocenters. The Balaban J connectivity index is 1.44. The number of rotatable bonds is 7. The van der Waals surface area contributed by atoms with Crippen LogP contribution in [-0.2, 0) is 17.9 Å². The van der Waals surface area contributed by atoms with Gasteiger partial charge < -0.3 is 10.6 Å². The van der Waals surface area contributed by atoms with E-state index in [-0.39, 0.29) is 18.4 Å². The van der Waals surface area contributed by atoms with Gasteiger partial charge in [0.05, 0.1) is 13.1 Å². The Morgan fingerprint density at radius 2 is 1.65 bits per heavy atom. The average Bonchev–Trinajstić information content (AvgIpc) is 3.19. The highest BCUT2D eigenvalue weighted by Gasteiger charge is 2.08. The molecule has 3 aromatic rings. The van der Waals surface area contributed by atoms with Crippen molar-refractivity contribution < 1.29 is 9.59 Å². The zero-order chi connectivity index (χ0) is 18.2. The molecule has 132 valence electrons. The lowest BCUT2D eigenvalue weighted by molar-refractivity contribution is -0.120. The molecular formula is C20H20N4O2. The van der Waals surface area contributed by atoms with E-state index in [9.17, 15) is 9.59 Å². The van der Waals surface area contributed by atoms with E-state index in [4.69, 9.17) is 0 Å². The van der Waals surface area contributed by atoms with Crippen LogP contribution in [0.3, 0.4) is 0 Å². The van der Waals surface area contributed by atoms with Crippen LogP contribution in [0, 0.1) is 0 Å². The van der Waals surface area contributed by atoms with Gasteiger partial charge in [-0.2, -0.15) is 5.10 Å². The van der Waals surface area contributed by atoms with Crippen molar-refractivity contribution in [2.75, 3.05) is 6.54 Å². The summed E-state index contributed by atoms with van der Waals surface area (Å²) in [5.74, 6) is -0.497. The van der Waals surface area contributed by atoms with E-state index in [0.717, 1.165) is 11.1 Å². The molecule has 0 saturated carbocycles. The molecule has 26 heavy (non-hydrogen) atoms. The molecule has 0 fully saturated rings. The molecule has 6 nitrogen and oxygen atoms in total. The molecule has 0 radical (unpaired) electrons. The van der Waals surface area contributed by atoms with Crippen LogP contribution in [0.25, 0.3) is 0 Å². The van der Waals surface area contributed by atoms with Crippen molar-refractivity contribution in [2.45, 2.75) is 13.1 Å². The molecule has 0 aliphatic carbocycles. The lowest BCUT2D eigenvalue weighted by Gasteiger charge is -2.08. The van der Waals surface area contributed by atoms with Gasteiger partial charge in [0.15, 0.2) is 0 Å². The highest BCUT2D eigenvalue weighted by Crippen LogP contribution is 2.06. The fraction of sp³-hybridized carbons (Fsp3) is 0.150. The Kier molecular flexibility index (Phi) is 5.77. The number of carbonyl (C=O) groups is 2. The quantitative estimate of drug-likeness (QED) is 0.685. The summed E-state index contributed by atoms with van der Waals surface area (Å²) >= 11 is 0. The van der Waals surface area contributed by atoms with Crippen LogP contribution in [0.4, 0.5) is 0 Å². The van der Waals surface area contributed by atoms with Crippen molar-refractivity contribution in [3.05, 3.63) is 89.7 Å². The van der Waals surface area contributed by atoms with Gasteiger partial charge >= 0.3 is 0 Å². The predicted octanol–water partition coefficient (Wildman–Crippen LogP) is 1.98. The minimum absolute atomic E-state index is 0.0549. The Hall–Kier alpha value is -3.41. The van der Waals surface area contributed by atoms with Crippen LogP contribution in [0.1, 0.15) is 21.5 Å². The minimum Gasteiger partial charge on any atom is -0.350 e. The number of nitrogens with zero attached hydrogens (tertiary/aromatic N) is 2. The predicted molar refractivity (Wildman–Crippen MR) is 98.4 cm³/mol. The Morgan fingerprint density at radius 1 is 0.885 bits per heavy atom. The molecule has 6 heteroatoms. The molecule has 0 saturated heterocycles. The van der Waals surface area contributed by atoms with Crippen LogP contribution in [0.5, 0.6) is 0 Å². The number of hydrogen-bond donors (Lipinski definition) is 2. The normalized spacial score (nSPS) is 10.3. The zero-order valence-corrected chi connectivity index (χ0v) is 14.3. The van der Waals surface area contributed by atoms with Gasteiger partial charge in [-0.25, -0.2) is 0 Å². The van der Waals surface area contributed by atoms with Crippen molar-refractivity contribution in [3.8, 4) is 0 Å². The molecule has 3 rings (SSSR count). The summed E-state index contributed by atoms with van der Waals surface area (Å²) in [7, 11) is 0. The number of amides is 2. The summed E-state index contributed by atoms with van der Waals surface area (Å²) in [6.45, 7) is 1.04. The molecule has 0 aliphatic rings. The maximum atomic E-state index is 12.1. The Morgan fingerprint density at radius 3 is 2.35 bits per heavy atom. The van der Waals surface area contributed by atoms with E-state index in [1.54, 1.807) is 18.3 Å². The summed E-state index contributed by atoms with van der Waals surface area (Å²) in [6, 6.07) is 18.7. The zero-order valence-electron chi connectivity index (χ0n) is 14.3. The number of benzene rings is 2. The number of aromatic nitrogens is 2. The van der Waals surface area contributed by atoms with Crippen LogP contribution in [0.15, 0.2) is 73.1 Å². The molecule has 2 N–H and O–H groups in total. The lowest BCUT2D eigenvalue weighted by Crippen LogP contribution is -2.36. The van der Waals surface area contributed by atoms with Crippen molar-refractivity contribution in [1.82, 2.24) is 20.4 Å². The third-order valence-electron chi connectivity index (χ3n) is 3.86. The van der Waals surface area contributed by atoms with E-state index in [1.807, 2.05) is 59.4 Å². The molecular weight excluding hydrogens is 328 g/mol. The van der Waals surface area contributed by atoms with Crippen LogP contribution in [-0.4, -0.2) is 28.1 Å². The van der Waals surface area contributed by atoms with E-state index in [1.165, 1.54) is 0 Å². The fourth-order valence-corrected chi connectivity index (χ4v) is 2.46. The van der Waals surface area contributed by atoms with Crippen molar-refractivity contribution in [3.63, 3.8) is 0 Å². The highest BCUT2D eigenvalue weighted by molar-refractivity contribution is 5.96. The topological polar surface area (TPSA) is 76.0 Å². The van der Waals surface area contributed by atoms with Gasteiger partial charge in [0, 0.05) is 24.5 Å². The van der Waals surface area contributed by atoms with Crippen molar-refractivity contribution in [2.24, 2.45) is 0 Å². The van der Waals surface area contributed by atoms with Crippen LogP contribution < -0.4 is 10.6 Å². The Bertz CT molecular complexity index is 843. The first-order valence-electron chi connectivity index (χ1n) is 8.36. The molecule has 0 spiro atoms. The van der Waals surface area contributed by atoms with Gasteiger partial charge in [-0.15, -0.1) is 0 Å². The van der Waals surface area contributed by atoms with E-state index >= 15 is 0 Å². The summed E-state index contributed by atoms with van der Waals surface area (Å²) in [6.07, 6.45) is 3.61. The lowest BCUT2D eigenvalue weighted by atomic mass is 10.1. The van der Waals surface area contributed by atoms with Gasteiger partial charge in [-0.3, -0.25) is 14.3 Å². The average molecular weight is 348 g/mol. The molecule has 1 heterocycles. The first-order chi connectivity index (χ1) is 12.7. The summed E-state index contributed by atoms with van der Waals surface area (Å²) < 4.78 is 1.81. The third-order valence-corrected chi connectivity index (χ3v) is 3.86. The smallest absolute Gasteiger partial charge is 0.251 e. The maximum absolute atomic E-state index is 12.1. The summed E-state index contributed by atoms with van der Waals surface area (Å²) in [5.41, 5.74) is 2.58. The second kappa shape index (κ2) is 8.62. The van der Waals surface area contributed by atoms with Crippen molar-refractivity contribution >= 4 is 11.8 Å². The molecule has 2 amide bonds. The van der Waals surface area contributed by atoms with E-state index < -0.39 is 0 Å². The molecule has 0 unspecified atom stereocenters. The fourth-order valence-electron chi connectivity index (χ4n) is 2.46. The summed E-state index contributed by atoms with van der Waals surface area (Å²) in [5, 5.41) is 9.56. The summed E-state index contributed by atoms with van der Waals surface area (Å²) in [4.78, 5) is 24.0. The molecule has 1 aromatic heterocycles. The van der Waals surface area contributed by atoms with Gasteiger partial charge in [-0.1, -0.05) is 42.5 Å². The first kappa shape index (κ1) is 17.4. The number of hydrogen-bond acceptors (Lipinski definition) is 3.